The Labute approximate surface area is 107 Å². The zero-order chi connectivity index (χ0) is 19.6. The van der Waals surface area contributed by atoms with Crippen LogP contribution in [0.4, 0.5) is 5.82 Å². The average molecular weight is 268 g/mol. The van der Waals surface area contributed by atoms with Gasteiger partial charge < -0.3 is 9.80 Å². The van der Waals surface area contributed by atoms with Gasteiger partial charge >= 0.3 is 0 Å². The van der Waals surface area contributed by atoms with Crippen molar-refractivity contribution in [2.75, 3.05) is 37.9 Å². The van der Waals surface area contributed by atoms with Crippen LogP contribution in [-0.4, -0.2) is 48.1 Å². The van der Waals surface area contributed by atoms with Gasteiger partial charge in [-0.15, -0.1) is 10.2 Å². The molecule has 1 aromatic heterocycles. The molecule has 0 atom stereocenters. The van der Waals surface area contributed by atoms with Gasteiger partial charge in [0.25, 0.3) is 0 Å². The lowest BCUT2D eigenvalue weighted by Crippen LogP contribution is -2.44. The average Bonchev–Trinajstić information content (AvgIpc) is 2.36. The minimum absolute atomic E-state index is 0.141. The first-order chi connectivity index (χ1) is 11.0. The summed E-state index contributed by atoms with van der Waals surface area (Å²) in [6.07, 6.45) is 0. The molecule has 0 aliphatic carbocycles. The first-order valence-corrected chi connectivity index (χ1v) is 4.38. The van der Waals surface area contributed by atoms with Gasteiger partial charge in [0.2, 0.25) is 0 Å². The van der Waals surface area contributed by atoms with E-state index >= 15 is 0 Å². The Morgan fingerprint density at radius 1 is 1.36 bits per heavy atom. The standard InChI is InChI=1S/C9H13BrN4/c1-13-4-6-14(7-5-13)9-3-2-8(10)11-12-9/h2-3H,4-7H2,1H3/i1D3,4D2,5D2,6D2,7D2. The highest BCUT2D eigenvalue weighted by Crippen LogP contribution is 2.13. The number of halogens is 1. The highest BCUT2D eigenvalue weighted by Gasteiger charge is 2.14. The van der Waals surface area contributed by atoms with Crippen LogP contribution < -0.4 is 4.90 Å². The molecule has 2 rings (SSSR count). The Hall–Kier alpha value is -0.680. The second-order valence-corrected chi connectivity index (χ2v) is 3.14. The quantitative estimate of drug-likeness (QED) is 0.760. The van der Waals surface area contributed by atoms with Gasteiger partial charge in [0, 0.05) is 35.6 Å². The van der Waals surface area contributed by atoms with Crippen molar-refractivity contribution in [1.29, 1.82) is 0 Å². The number of piperazine rings is 1. The van der Waals surface area contributed by atoms with Crippen molar-refractivity contribution in [3.8, 4) is 0 Å². The van der Waals surface area contributed by atoms with Crippen LogP contribution >= 0.6 is 15.9 Å². The number of anilines is 1. The summed E-state index contributed by atoms with van der Waals surface area (Å²) >= 11 is 3.00. The molecular formula is C9H13BrN4. The van der Waals surface area contributed by atoms with E-state index in [0.29, 0.717) is 0 Å². The van der Waals surface area contributed by atoms with Crippen LogP contribution in [0.5, 0.6) is 0 Å². The first kappa shape index (κ1) is 3.15. The summed E-state index contributed by atoms with van der Waals surface area (Å²) in [6, 6.07) is 2.40. The number of hydrogen-bond acceptors (Lipinski definition) is 4. The number of nitrogens with zero attached hydrogens (tertiary/aromatic N) is 4. The summed E-state index contributed by atoms with van der Waals surface area (Å²) in [7, 11) is 0. The molecule has 0 unspecified atom stereocenters. The predicted octanol–water partition coefficient (Wildman–Crippen LogP) is 0.991. The van der Waals surface area contributed by atoms with Gasteiger partial charge in [-0.3, -0.25) is 0 Å². The van der Waals surface area contributed by atoms with Gasteiger partial charge in [0.1, 0.15) is 4.60 Å². The zero-order valence-electron chi connectivity index (χ0n) is 17.8. The SMILES string of the molecule is [2H]C([2H])([2H])N1C([2H])([2H])C([2H])([2H])N(c2ccc(Br)nn2)C([2H])([2H])C1([2H])[2H]. The van der Waals surface area contributed by atoms with Crippen molar-refractivity contribution in [2.45, 2.75) is 0 Å². The van der Waals surface area contributed by atoms with Crippen molar-refractivity contribution in [1.82, 2.24) is 15.1 Å². The largest absolute Gasteiger partial charge is 0.353 e. The summed E-state index contributed by atoms with van der Waals surface area (Å²) in [5.41, 5.74) is 0. The van der Waals surface area contributed by atoms with E-state index in [2.05, 4.69) is 26.1 Å². The van der Waals surface area contributed by atoms with E-state index in [-0.39, 0.29) is 9.50 Å². The van der Waals surface area contributed by atoms with Crippen LogP contribution in [0.3, 0.4) is 0 Å². The van der Waals surface area contributed by atoms with Crippen LogP contribution in [0.1, 0.15) is 15.1 Å². The number of rotatable bonds is 1. The summed E-state index contributed by atoms with van der Waals surface area (Å²) < 4.78 is 86.4. The molecule has 76 valence electrons. The molecule has 0 spiro atoms. The molecule has 1 fully saturated rings. The summed E-state index contributed by atoms with van der Waals surface area (Å²) in [6.45, 7) is -16.9. The highest BCUT2D eigenvalue weighted by atomic mass is 79.9. The van der Waals surface area contributed by atoms with Crippen molar-refractivity contribution in [3.63, 3.8) is 0 Å². The van der Waals surface area contributed by atoms with Crippen LogP contribution in [0.25, 0.3) is 0 Å². The Kier molecular flexibility index (Phi) is 0.953. The van der Waals surface area contributed by atoms with Crippen molar-refractivity contribution >= 4 is 21.7 Å². The molecule has 14 heavy (non-hydrogen) atoms. The Bertz CT molecular complexity index is 631. The fourth-order valence-corrected chi connectivity index (χ4v) is 1.01. The Morgan fingerprint density at radius 2 is 2.14 bits per heavy atom. The van der Waals surface area contributed by atoms with Crippen LogP contribution in [0.15, 0.2) is 16.7 Å². The van der Waals surface area contributed by atoms with Crippen molar-refractivity contribution in [2.24, 2.45) is 0 Å². The molecule has 4 nitrogen and oxygen atoms in total. The molecule has 1 saturated heterocycles. The molecule has 0 saturated carbocycles. The first-order valence-electron chi connectivity index (χ1n) is 9.09. The van der Waals surface area contributed by atoms with Gasteiger partial charge in [0.05, 0.1) is 5.48 Å². The van der Waals surface area contributed by atoms with Gasteiger partial charge in [-0.25, -0.2) is 0 Å². The molecule has 0 radical (unpaired) electrons. The fourth-order valence-electron chi connectivity index (χ4n) is 0.799. The third-order valence-corrected chi connectivity index (χ3v) is 1.82. The van der Waals surface area contributed by atoms with E-state index in [4.69, 9.17) is 15.1 Å². The maximum absolute atomic E-state index is 8.06. The van der Waals surface area contributed by atoms with Gasteiger partial charge in [-0.2, -0.15) is 0 Å². The molecule has 1 aromatic rings. The molecule has 0 amide bonds. The van der Waals surface area contributed by atoms with Crippen LogP contribution in [0.2, 0.25) is 0 Å². The number of hydrogen-bond donors (Lipinski definition) is 0. The Balaban J connectivity index is 2.77. The van der Waals surface area contributed by atoms with Gasteiger partial charge in [0.15, 0.2) is 5.82 Å². The molecule has 0 aromatic carbocycles. The minimum atomic E-state index is -3.44. The highest BCUT2D eigenvalue weighted by molar-refractivity contribution is 9.10. The smallest absolute Gasteiger partial charge is 0.151 e. The van der Waals surface area contributed by atoms with E-state index in [1.807, 2.05) is 0 Å². The lowest BCUT2D eigenvalue weighted by molar-refractivity contribution is 0.312. The van der Waals surface area contributed by atoms with E-state index < -0.39 is 43.7 Å². The van der Waals surface area contributed by atoms with E-state index in [1.165, 1.54) is 6.07 Å². The maximum atomic E-state index is 8.06. The van der Waals surface area contributed by atoms with Crippen molar-refractivity contribution < 1.29 is 15.1 Å². The molecule has 0 bridgehead atoms. The normalized spacial score (nSPS) is 45.5. The second-order valence-electron chi connectivity index (χ2n) is 2.33. The molecule has 2 heterocycles. The molecule has 5 heteroatoms. The molecular weight excluding hydrogens is 244 g/mol. The third-order valence-electron chi connectivity index (χ3n) is 1.39. The topological polar surface area (TPSA) is 32.3 Å². The molecule has 1 aliphatic heterocycles. The van der Waals surface area contributed by atoms with E-state index in [1.54, 1.807) is 0 Å². The van der Waals surface area contributed by atoms with Crippen molar-refractivity contribution in [3.05, 3.63) is 16.7 Å². The van der Waals surface area contributed by atoms with E-state index in [0.717, 1.165) is 6.07 Å². The zero-order valence-corrected chi connectivity index (χ0v) is 8.41. The number of likely N-dealkylation sites (N-methyl/N-ethyl adjacent to an activating group) is 1. The Morgan fingerprint density at radius 3 is 2.71 bits per heavy atom. The van der Waals surface area contributed by atoms with E-state index in [9.17, 15) is 0 Å². The lowest BCUT2D eigenvalue weighted by Gasteiger charge is -2.32. The molecule has 0 N–H and O–H groups in total. The lowest BCUT2D eigenvalue weighted by atomic mass is 10.3. The van der Waals surface area contributed by atoms with Crippen LogP contribution in [-0.2, 0) is 0 Å². The summed E-state index contributed by atoms with van der Waals surface area (Å²) in [5.74, 6) is -0.490. The minimum Gasteiger partial charge on any atom is -0.353 e. The monoisotopic (exact) mass is 267 g/mol. The fraction of sp³-hybridized carbons (Fsp3) is 0.556. The maximum Gasteiger partial charge on any atom is 0.151 e. The summed E-state index contributed by atoms with van der Waals surface area (Å²) in [5, 5.41) is 7.14. The van der Waals surface area contributed by atoms with Gasteiger partial charge in [-0.05, 0) is 35.0 Å². The molecule has 1 aliphatic rings. The predicted molar refractivity (Wildman–Crippen MR) is 59.4 cm³/mol. The third kappa shape index (κ3) is 2.22. The number of aromatic nitrogens is 2. The van der Waals surface area contributed by atoms with Crippen LogP contribution in [0, 0.1) is 0 Å². The van der Waals surface area contributed by atoms with Gasteiger partial charge in [-0.1, -0.05) is 0 Å². The summed E-state index contributed by atoms with van der Waals surface area (Å²) in [4.78, 5) is -0.253. The second kappa shape index (κ2) is 4.23.